The van der Waals surface area contributed by atoms with E-state index in [2.05, 4.69) is 10.1 Å². The molecular weight excluding hydrogens is 277 g/mol. The molecule has 112 valence electrons. The van der Waals surface area contributed by atoms with Gasteiger partial charge in [0.2, 0.25) is 5.91 Å². The minimum absolute atomic E-state index is 0.156. The molecule has 5 nitrogen and oxygen atoms in total. The molecule has 0 atom stereocenters. The van der Waals surface area contributed by atoms with E-state index in [4.69, 9.17) is 10.5 Å². The van der Waals surface area contributed by atoms with Crippen LogP contribution in [-0.4, -0.2) is 32.0 Å². The highest BCUT2D eigenvalue weighted by Gasteiger charge is 2.31. The average molecular weight is 292 g/mol. The molecule has 8 heteroatoms. The van der Waals surface area contributed by atoms with Gasteiger partial charge in [-0.1, -0.05) is 12.1 Å². The predicted octanol–water partition coefficient (Wildman–Crippen LogP) is 1.18. The molecule has 0 aliphatic rings. The van der Waals surface area contributed by atoms with Crippen LogP contribution >= 0.6 is 0 Å². The molecule has 3 N–H and O–H groups in total. The molecule has 0 saturated carbocycles. The highest BCUT2D eigenvalue weighted by Crippen LogP contribution is 2.23. The van der Waals surface area contributed by atoms with Crippen LogP contribution in [0.15, 0.2) is 24.3 Å². The number of alkyl halides is 3. The normalized spacial score (nSPS) is 11.3. The maximum atomic E-state index is 12.0. The molecular formula is C12H15F3N2O3. The first-order valence-electron chi connectivity index (χ1n) is 5.78. The first-order chi connectivity index (χ1) is 9.37. The van der Waals surface area contributed by atoms with Crippen LogP contribution in [0.5, 0.6) is 5.75 Å². The Kier molecular flexibility index (Phi) is 6.26. The molecule has 1 aromatic rings. The number of halogens is 3. The van der Waals surface area contributed by atoms with Crippen molar-refractivity contribution in [2.24, 2.45) is 5.73 Å². The number of hydrogen-bond acceptors (Lipinski definition) is 4. The predicted molar refractivity (Wildman–Crippen MR) is 64.8 cm³/mol. The summed E-state index contributed by atoms with van der Waals surface area (Å²) < 4.78 is 44.8. The number of amides is 1. The molecule has 1 rings (SSSR count). The van der Waals surface area contributed by atoms with Gasteiger partial charge in [-0.2, -0.15) is 0 Å². The Balaban J connectivity index is 2.30. The highest BCUT2D eigenvalue weighted by atomic mass is 19.4. The standard InChI is InChI=1S/C12H15F3N2O3/c13-12(14,15)20-10-3-1-2-9(6-10)7-17-4-5-19-8-11(16)18/h1-3,6,17H,4-5,7-8H2,(H2,16,18). The fraction of sp³-hybridized carbons (Fsp3) is 0.417. The Labute approximate surface area is 113 Å². The molecule has 1 aromatic carbocycles. The van der Waals surface area contributed by atoms with Crippen molar-refractivity contribution in [3.05, 3.63) is 29.8 Å². The zero-order chi connectivity index (χ0) is 15.0. The zero-order valence-corrected chi connectivity index (χ0v) is 10.6. The quantitative estimate of drug-likeness (QED) is 0.706. The van der Waals surface area contributed by atoms with E-state index in [0.29, 0.717) is 18.7 Å². The van der Waals surface area contributed by atoms with Crippen LogP contribution in [0.4, 0.5) is 13.2 Å². The van der Waals surface area contributed by atoms with Crippen LogP contribution < -0.4 is 15.8 Å². The van der Waals surface area contributed by atoms with Gasteiger partial charge in [-0.15, -0.1) is 13.2 Å². The number of primary amides is 1. The first kappa shape index (κ1) is 16.3. The summed E-state index contributed by atoms with van der Waals surface area (Å²) in [6.45, 7) is 0.922. The minimum atomic E-state index is -4.70. The number of carbonyl (C=O) groups excluding carboxylic acids is 1. The van der Waals surface area contributed by atoms with E-state index >= 15 is 0 Å². The van der Waals surface area contributed by atoms with Gasteiger partial charge in [-0.25, -0.2) is 0 Å². The third-order valence-electron chi connectivity index (χ3n) is 2.13. The van der Waals surface area contributed by atoms with Crippen LogP contribution in [0.3, 0.4) is 0 Å². The van der Waals surface area contributed by atoms with E-state index in [1.54, 1.807) is 6.07 Å². The summed E-state index contributed by atoms with van der Waals surface area (Å²) in [6, 6.07) is 5.67. The number of carbonyl (C=O) groups is 1. The Morgan fingerprint density at radius 3 is 2.75 bits per heavy atom. The van der Waals surface area contributed by atoms with Crippen molar-refractivity contribution < 1.29 is 27.4 Å². The smallest absolute Gasteiger partial charge is 0.406 e. The molecule has 0 bridgehead atoms. The Hall–Kier alpha value is -1.80. The fourth-order valence-electron chi connectivity index (χ4n) is 1.40. The molecule has 1 amide bonds. The fourth-order valence-corrected chi connectivity index (χ4v) is 1.40. The van der Waals surface area contributed by atoms with Crippen LogP contribution in [0.2, 0.25) is 0 Å². The summed E-state index contributed by atoms with van der Waals surface area (Å²) in [4.78, 5) is 10.4. The van der Waals surface area contributed by atoms with E-state index in [-0.39, 0.29) is 19.0 Å². The van der Waals surface area contributed by atoms with E-state index in [1.165, 1.54) is 18.2 Å². The van der Waals surface area contributed by atoms with Crippen LogP contribution in [0, 0.1) is 0 Å². The molecule has 0 aromatic heterocycles. The SMILES string of the molecule is NC(=O)COCCNCc1cccc(OC(F)(F)F)c1. The molecule has 0 fully saturated rings. The van der Waals surface area contributed by atoms with Gasteiger partial charge in [0.25, 0.3) is 0 Å². The maximum absolute atomic E-state index is 12.0. The highest BCUT2D eigenvalue weighted by molar-refractivity contribution is 5.74. The van der Waals surface area contributed by atoms with Gasteiger partial charge in [-0.3, -0.25) is 4.79 Å². The van der Waals surface area contributed by atoms with Crippen molar-refractivity contribution in [1.82, 2.24) is 5.32 Å². The van der Waals surface area contributed by atoms with Crippen LogP contribution in [-0.2, 0) is 16.1 Å². The third-order valence-corrected chi connectivity index (χ3v) is 2.13. The van der Waals surface area contributed by atoms with Gasteiger partial charge < -0.3 is 20.5 Å². The summed E-state index contributed by atoms with van der Waals surface area (Å²) in [6.07, 6.45) is -4.70. The molecule has 0 radical (unpaired) electrons. The van der Waals surface area contributed by atoms with Gasteiger partial charge in [-0.05, 0) is 17.7 Å². The van der Waals surface area contributed by atoms with Gasteiger partial charge >= 0.3 is 6.36 Å². The summed E-state index contributed by atoms with van der Waals surface area (Å²) in [5, 5.41) is 2.95. The number of nitrogens with two attached hydrogens (primary N) is 1. The van der Waals surface area contributed by atoms with Gasteiger partial charge in [0.05, 0.1) is 6.61 Å². The third kappa shape index (κ3) is 7.59. The number of hydrogen-bond donors (Lipinski definition) is 2. The monoisotopic (exact) mass is 292 g/mol. The molecule has 0 heterocycles. The number of nitrogens with one attached hydrogen (secondary N) is 1. The summed E-state index contributed by atoms with van der Waals surface area (Å²) in [5.41, 5.74) is 5.52. The molecule has 0 unspecified atom stereocenters. The van der Waals surface area contributed by atoms with E-state index in [1.807, 2.05) is 0 Å². The van der Waals surface area contributed by atoms with E-state index in [9.17, 15) is 18.0 Å². The lowest BCUT2D eigenvalue weighted by molar-refractivity contribution is -0.274. The summed E-state index contributed by atoms with van der Waals surface area (Å²) in [7, 11) is 0. The lowest BCUT2D eigenvalue weighted by Gasteiger charge is -2.10. The Morgan fingerprint density at radius 1 is 1.35 bits per heavy atom. The lowest BCUT2D eigenvalue weighted by atomic mass is 10.2. The first-order valence-corrected chi connectivity index (χ1v) is 5.78. The van der Waals surface area contributed by atoms with Crippen molar-refractivity contribution in [3.63, 3.8) is 0 Å². The second-order valence-electron chi connectivity index (χ2n) is 3.89. The van der Waals surface area contributed by atoms with Crippen molar-refractivity contribution in [3.8, 4) is 5.75 Å². The van der Waals surface area contributed by atoms with E-state index in [0.717, 1.165) is 0 Å². The van der Waals surface area contributed by atoms with E-state index < -0.39 is 12.3 Å². The Bertz CT molecular complexity index is 438. The number of ether oxygens (including phenoxy) is 2. The number of benzene rings is 1. The second kappa shape index (κ2) is 7.71. The topological polar surface area (TPSA) is 73.6 Å². The summed E-state index contributed by atoms with van der Waals surface area (Å²) in [5.74, 6) is -0.816. The molecule has 0 spiro atoms. The van der Waals surface area contributed by atoms with Gasteiger partial charge in [0.15, 0.2) is 0 Å². The van der Waals surface area contributed by atoms with Gasteiger partial charge in [0.1, 0.15) is 12.4 Å². The minimum Gasteiger partial charge on any atom is -0.406 e. The molecule has 0 aliphatic carbocycles. The summed E-state index contributed by atoms with van der Waals surface area (Å²) >= 11 is 0. The van der Waals surface area contributed by atoms with Crippen molar-refractivity contribution in [2.75, 3.05) is 19.8 Å². The van der Waals surface area contributed by atoms with Crippen molar-refractivity contribution >= 4 is 5.91 Å². The van der Waals surface area contributed by atoms with Crippen LogP contribution in [0.1, 0.15) is 5.56 Å². The number of rotatable bonds is 8. The molecule has 0 saturated heterocycles. The largest absolute Gasteiger partial charge is 0.573 e. The van der Waals surface area contributed by atoms with Crippen LogP contribution in [0.25, 0.3) is 0 Å². The van der Waals surface area contributed by atoms with Crippen molar-refractivity contribution in [2.45, 2.75) is 12.9 Å². The zero-order valence-electron chi connectivity index (χ0n) is 10.6. The molecule has 20 heavy (non-hydrogen) atoms. The maximum Gasteiger partial charge on any atom is 0.573 e. The van der Waals surface area contributed by atoms with Crippen molar-refractivity contribution in [1.29, 1.82) is 0 Å². The second-order valence-corrected chi connectivity index (χ2v) is 3.89. The van der Waals surface area contributed by atoms with Gasteiger partial charge in [0, 0.05) is 13.1 Å². The Morgan fingerprint density at radius 2 is 2.10 bits per heavy atom. The molecule has 0 aliphatic heterocycles. The lowest BCUT2D eigenvalue weighted by Crippen LogP contribution is -2.23. The average Bonchev–Trinajstić information content (AvgIpc) is 2.31.